The van der Waals surface area contributed by atoms with Gasteiger partial charge in [-0.2, -0.15) is 0 Å². The van der Waals surface area contributed by atoms with Crippen LogP contribution in [-0.4, -0.2) is 23.0 Å². The largest absolute Gasteiger partial charge is 0.489 e. The van der Waals surface area contributed by atoms with Crippen molar-refractivity contribution in [2.24, 2.45) is 0 Å². The predicted octanol–water partition coefficient (Wildman–Crippen LogP) is 0.923. The summed E-state index contributed by atoms with van der Waals surface area (Å²) in [6.07, 6.45) is 1.60. The minimum absolute atomic E-state index is 0.0581. The van der Waals surface area contributed by atoms with Gasteiger partial charge in [0.2, 0.25) is 0 Å². The Morgan fingerprint density at radius 3 is 2.50 bits per heavy atom. The Bertz CT molecular complexity index is 484. The molecule has 1 atom stereocenters. The summed E-state index contributed by atoms with van der Waals surface area (Å²) in [7, 11) is 0. The number of carbonyl (C=O) groups is 2. The standard InChI is InChI=1S/C12H15N3O3/c1-7(2)18-8-4-5-9(13-6-8)12(3)10(16)14-11(17)15-12/h4-7H,1-3H3,(H2,14,15,16,17)/t12-/m0/s1. The molecule has 1 saturated heterocycles. The smallest absolute Gasteiger partial charge is 0.322 e. The van der Waals surface area contributed by atoms with Crippen LogP contribution in [0.1, 0.15) is 26.5 Å². The second-order valence-corrected chi connectivity index (χ2v) is 4.58. The fourth-order valence-electron chi connectivity index (χ4n) is 1.74. The van der Waals surface area contributed by atoms with E-state index >= 15 is 0 Å². The Hall–Kier alpha value is -2.11. The molecule has 96 valence electrons. The van der Waals surface area contributed by atoms with E-state index in [-0.39, 0.29) is 6.10 Å². The Morgan fingerprint density at radius 2 is 2.06 bits per heavy atom. The van der Waals surface area contributed by atoms with Gasteiger partial charge >= 0.3 is 6.03 Å². The van der Waals surface area contributed by atoms with E-state index in [1.165, 1.54) is 0 Å². The zero-order chi connectivity index (χ0) is 13.3. The molecule has 0 spiro atoms. The number of urea groups is 1. The van der Waals surface area contributed by atoms with Crippen molar-refractivity contribution < 1.29 is 14.3 Å². The molecule has 6 nitrogen and oxygen atoms in total. The average molecular weight is 249 g/mol. The molecule has 0 radical (unpaired) electrons. The van der Waals surface area contributed by atoms with Gasteiger partial charge in [-0.1, -0.05) is 0 Å². The van der Waals surface area contributed by atoms with Crippen LogP contribution in [0.15, 0.2) is 18.3 Å². The number of rotatable bonds is 3. The van der Waals surface area contributed by atoms with E-state index in [0.717, 1.165) is 0 Å². The van der Waals surface area contributed by atoms with Crippen molar-refractivity contribution in [1.82, 2.24) is 15.6 Å². The third kappa shape index (κ3) is 2.13. The molecular formula is C12H15N3O3. The average Bonchev–Trinajstić information content (AvgIpc) is 2.53. The number of nitrogens with one attached hydrogen (secondary N) is 2. The Labute approximate surface area is 105 Å². The van der Waals surface area contributed by atoms with E-state index in [1.54, 1.807) is 25.3 Å². The molecule has 2 rings (SSSR count). The fourth-order valence-corrected chi connectivity index (χ4v) is 1.74. The van der Waals surface area contributed by atoms with E-state index in [2.05, 4.69) is 15.6 Å². The van der Waals surface area contributed by atoms with Crippen LogP contribution in [0.3, 0.4) is 0 Å². The normalized spacial score (nSPS) is 22.9. The molecule has 0 saturated carbocycles. The second-order valence-electron chi connectivity index (χ2n) is 4.58. The summed E-state index contributed by atoms with van der Waals surface area (Å²) in [4.78, 5) is 27.0. The van der Waals surface area contributed by atoms with Crippen LogP contribution in [0, 0.1) is 0 Å². The Kier molecular flexibility index (Phi) is 2.94. The number of pyridine rings is 1. The molecular weight excluding hydrogens is 234 g/mol. The summed E-state index contributed by atoms with van der Waals surface area (Å²) in [6, 6.07) is 2.89. The number of carbonyl (C=O) groups excluding carboxylic acids is 2. The molecule has 0 aromatic carbocycles. The van der Waals surface area contributed by atoms with Gasteiger partial charge in [0.25, 0.3) is 5.91 Å². The maximum atomic E-state index is 11.7. The van der Waals surface area contributed by atoms with Gasteiger partial charge in [0.1, 0.15) is 5.75 Å². The molecule has 1 aliphatic rings. The molecule has 0 unspecified atom stereocenters. The van der Waals surface area contributed by atoms with Gasteiger partial charge in [0, 0.05) is 0 Å². The van der Waals surface area contributed by atoms with E-state index in [0.29, 0.717) is 11.4 Å². The van der Waals surface area contributed by atoms with Crippen molar-refractivity contribution in [2.75, 3.05) is 0 Å². The third-order valence-electron chi connectivity index (χ3n) is 2.67. The topological polar surface area (TPSA) is 80.3 Å². The molecule has 2 N–H and O–H groups in total. The number of ether oxygens (including phenoxy) is 1. The van der Waals surface area contributed by atoms with Crippen LogP contribution in [0.4, 0.5) is 4.79 Å². The lowest BCUT2D eigenvalue weighted by atomic mass is 9.98. The highest BCUT2D eigenvalue weighted by Crippen LogP contribution is 2.24. The molecule has 0 aliphatic carbocycles. The first-order valence-electron chi connectivity index (χ1n) is 5.68. The molecule has 2 heterocycles. The van der Waals surface area contributed by atoms with Crippen molar-refractivity contribution in [3.8, 4) is 5.75 Å². The fraction of sp³-hybridized carbons (Fsp3) is 0.417. The van der Waals surface area contributed by atoms with Gasteiger partial charge in [0.15, 0.2) is 5.54 Å². The highest BCUT2D eigenvalue weighted by atomic mass is 16.5. The monoisotopic (exact) mass is 249 g/mol. The summed E-state index contributed by atoms with van der Waals surface area (Å²) in [5.41, 5.74) is -0.644. The summed E-state index contributed by atoms with van der Waals surface area (Å²) in [5, 5.41) is 4.75. The summed E-state index contributed by atoms with van der Waals surface area (Å²) in [6.45, 7) is 5.44. The quantitative estimate of drug-likeness (QED) is 0.781. The molecule has 3 amide bonds. The molecule has 6 heteroatoms. The zero-order valence-electron chi connectivity index (χ0n) is 10.5. The highest BCUT2D eigenvalue weighted by Gasteiger charge is 2.44. The van der Waals surface area contributed by atoms with Gasteiger partial charge in [0.05, 0.1) is 18.0 Å². The zero-order valence-corrected chi connectivity index (χ0v) is 10.5. The molecule has 1 aromatic rings. The SMILES string of the molecule is CC(C)Oc1ccc([C@]2(C)NC(=O)NC2=O)nc1. The van der Waals surface area contributed by atoms with Crippen molar-refractivity contribution in [3.05, 3.63) is 24.0 Å². The first-order valence-corrected chi connectivity index (χ1v) is 5.68. The number of aromatic nitrogens is 1. The van der Waals surface area contributed by atoms with Crippen molar-refractivity contribution >= 4 is 11.9 Å². The van der Waals surface area contributed by atoms with Gasteiger partial charge in [-0.25, -0.2) is 4.79 Å². The van der Waals surface area contributed by atoms with E-state index < -0.39 is 17.5 Å². The van der Waals surface area contributed by atoms with Gasteiger partial charge < -0.3 is 10.1 Å². The van der Waals surface area contributed by atoms with Crippen LogP contribution in [0.2, 0.25) is 0 Å². The van der Waals surface area contributed by atoms with Crippen LogP contribution < -0.4 is 15.4 Å². The van der Waals surface area contributed by atoms with Crippen LogP contribution in [-0.2, 0) is 10.3 Å². The van der Waals surface area contributed by atoms with Crippen molar-refractivity contribution in [1.29, 1.82) is 0 Å². The van der Waals surface area contributed by atoms with Crippen LogP contribution >= 0.6 is 0 Å². The van der Waals surface area contributed by atoms with E-state index in [9.17, 15) is 9.59 Å². The maximum Gasteiger partial charge on any atom is 0.322 e. The van der Waals surface area contributed by atoms with Gasteiger partial charge in [-0.05, 0) is 32.9 Å². The summed E-state index contributed by atoms with van der Waals surface area (Å²) in [5.74, 6) is 0.222. The predicted molar refractivity (Wildman–Crippen MR) is 64.0 cm³/mol. The van der Waals surface area contributed by atoms with Gasteiger partial charge in [-0.15, -0.1) is 0 Å². The number of hydrogen-bond donors (Lipinski definition) is 2. The highest BCUT2D eigenvalue weighted by molar-refractivity contribution is 6.06. The van der Waals surface area contributed by atoms with Crippen molar-refractivity contribution in [3.63, 3.8) is 0 Å². The minimum atomic E-state index is -1.12. The summed E-state index contributed by atoms with van der Waals surface area (Å²) < 4.78 is 5.46. The molecule has 1 aromatic heterocycles. The number of amides is 3. The van der Waals surface area contributed by atoms with Gasteiger partial charge in [-0.3, -0.25) is 15.1 Å². The van der Waals surface area contributed by atoms with E-state index in [4.69, 9.17) is 4.74 Å². The number of nitrogens with zero attached hydrogens (tertiary/aromatic N) is 1. The summed E-state index contributed by atoms with van der Waals surface area (Å²) >= 11 is 0. The first kappa shape index (κ1) is 12.3. The lowest BCUT2D eigenvalue weighted by Crippen LogP contribution is -2.41. The molecule has 18 heavy (non-hydrogen) atoms. The third-order valence-corrected chi connectivity index (χ3v) is 2.67. The first-order chi connectivity index (χ1) is 8.41. The number of imide groups is 1. The lowest BCUT2D eigenvalue weighted by molar-refractivity contribution is -0.123. The van der Waals surface area contributed by atoms with E-state index in [1.807, 2.05) is 13.8 Å². The Balaban J connectivity index is 2.24. The molecule has 1 fully saturated rings. The number of hydrogen-bond acceptors (Lipinski definition) is 4. The lowest BCUT2D eigenvalue weighted by Gasteiger charge is -2.20. The van der Waals surface area contributed by atoms with Crippen molar-refractivity contribution in [2.45, 2.75) is 32.4 Å². The molecule has 1 aliphatic heterocycles. The Morgan fingerprint density at radius 1 is 1.33 bits per heavy atom. The van der Waals surface area contributed by atoms with Crippen LogP contribution in [0.25, 0.3) is 0 Å². The molecule has 0 bridgehead atoms. The maximum absolute atomic E-state index is 11.7. The van der Waals surface area contributed by atoms with Crippen LogP contribution in [0.5, 0.6) is 5.75 Å². The second kappa shape index (κ2) is 4.29. The minimum Gasteiger partial charge on any atom is -0.489 e.